The summed E-state index contributed by atoms with van der Waals surface area (Å²) >= 11 is 1.91. The number of anilines is 1. The summed E-state index contributed by atoms with van der Waals surface area (Å²) in [4.78, 5) is 56.6. The number of aromatic nitrogens is 1. The lowest BCUT2D eigenvalue weighted by atomic mass is 9.83. The first-order valence-corrected chi connectivity index (χ1v) is 14.7. The molecule has 6 rings (SSSR count). The van der Waals surface area contributed by atoms with E-state index in [9.17, 15) is 32.3 Å². The van der Waals surface area contributed by atoms with Crippen LogP contribution in [0.1, 0.15) is 21.9 Å². The molecule has 1 aromatic heterocycles. The molecular formula is C28H24F3N3O6S2. The molecule has 14 heteroatoms. The van der Waals surface area contributed by atoms with Crippen molar-refractivity contribution in [3.8, 4) is 5.75 Å². The molecule has 42 heavy (non-hydrogen) atoms. The predicted octanol–water partition coefficient (Wildman–Crippen LogP) is 3.59. The average molecular weight is 620 g/mol. The first-order chi connectivity index (χ1) is 20.1. The van der Waals surface area contributed by atoms with Crippen LogP contribution in [-0.4, -0.2) is 65.9 Å². The Morgan fingerprint density at radius 2 is 1.76 bits per heavy atom. The summed E-state index contributed by atoms with van der Waals surface area (Å²) in [6.07, 6.45) is -4.66. The number of hydrogen-bond donors (Lipinski definition) is 0. The Morgan fingerprint density at radius 3 is 2.43 bits per heavy atom. The fraction of sp³-hybridized carbons (Fsp3) is 0.357. The molecule has 9 nitrogen and oxygen atoms in total. The molecule has 3 aromatic rings. The lowest BCUT2D eigenvalue weighted by Crippen LogP contribution is -2.43. The number of rotatable bonds is 5. The minimum Gasteiger partial charge on any atom is -0.497 e. The molecule has 0 radical (unpaired) electrons. The molecule has 0 aliphatic carbocycles. The second-order valence-corrected chi connectivity index (χ2v) is 12.1. The number of nitrogens with zero attached hydrogens (tertiary/aromatic N) is 3. The standard InChI is InChI=1S/C28H24F3N3O6S2/c1-39-18-7-5-15(6-8-18)20-21-22(25(37)34(24(21)36)17-4-2-3-16(13-17)28(29,30)31)41-26-23(20)42-27(38)33(26)14-19(35)32-9-11-40-12-10-32/h2-8,13,20-22H,9-12,14H2,1H3/t20-,21+,22-/m0/s1. The summed E-state index contributed by atoms with van der Waals surface area (Å²) in [5.74, 6) is -2.78. The number of thiazole rings is 1. The molecule has 3 atom stereocenters. The summed E-state index contributed by atoms with van der Waals surface area (Å²) in [6, 6.07) is 11.0. The van der Waals surface area contributed by atoms with Crippen molar-refractivity contribution >= 4 is 46.5 Å². The number of imide groups is 1. The molecule has 3 aliphatic heterocycles. The van der Waals surface area contributed by atoms with E-state index in [0.29, 0.717) is 47.5 Å². The number of carbonyl (C=O) groups is 3. The molecule has 0 spiro atoms. The molecule has 0 N–H and O–H groups in total. The van der Waals surface area contributed by atoms with E-state index in [2.05, 4.69) is 0 Å². The van der Waals surface area contributed by atoms with Crippen molar-refractivity contribution in [1.29, 1.82) is 0 Å². The second-order valence-electron chi connectivity index (χ2n) is 9.99. The molecule has 4 heterocycles. The van der Waals surface area contributed by atoms with Crippen molar-refractivity contribution in [2.75, 3.05) is 38.3 Å². The van der Waals surface area contributed by atoms with Crippen molar-refractivity contribution < 1.29 is 37.0 Å². The monoisotopic (exact) mass is 619 g/mol. The second kappa shape index (κ2) is 10.9. The smallest absolute Gasteiger partial charge is 0.416 e. The van der Waals surface area contributed by atoms with E-state index in [-0.39, 0.29) is 18.1 Å². The lowest BCUT2D eigenvalue weighted by Gasteiger charge is -2.31. The highest BCUT2D eigenvalue weighted by Crippen LogP contribution is 2.54. The van der Waals surface area contributed by atoms with Crippen molar-refractivity contribution in [2.24, 2.45) is 5.92 Å². The van der Waals surface area contributed by atoms with Crippen LogP contribution in [0.3, 0.4) is 0 Å². The Labute approximate surface area is 245 Å². The number of benzene rings is 2. The Bertz CT molecular complexity index is 1610. The fourth-order valence-corrected chi connectivity index (χ4v) is 8.32. The van der Waals surface area contributed by atoms with Gasteiger partial charge >= 0.3 is 11.0 Å². The van der Waals surface area contributed by atoms with Gasteiger partial charge in [-0.2, -0.15) is 13.2 Å². The number of carbonyl (C=O) groups excluding carboxylic acids is 3. The SMILES string of the molecule is COc1ccc([C@@H]2c3sc(=O)n(CC(=O)N4CCOCC4)c3S[C@@H]3C(=O)N(c4cccc(C(F)(F)F)c4)C(=O)[C@H]23)cc1. The van der Waals surface area contributed by atoms with Crippen LogP contribution in [-0.2, 0) is 31.8 Å². The third kappa shape index (κ3) is 4.90. The molecule has 3 amide bonds. The molecule has 0 saturated carbocycles. The molecular weight excluding hydrogens is 595 g/mol. The van der Waals surface area contributed by atoms with Gasteiger partial charge in [-0.25, -0.2) is 4.90 Å². The maximum atomic E-state index is 13.9. The number of amides is 3. The average Bonchev–Trinajstić information content (AvgIpc) is 3.43. The van der Waals surface area contributed by atoms with Gasteiger partial charge < -0.3 is 14.4 Å². The van der Waals surface area contributed by atoms with Crippen molar-refractivity contribution in [3.63, 3.8) is 0 Å². The van der Waals surface area contributed by atoms with E-state index in [1.54, 1.807) is 29.2 Å². The zero-order chi connectivity index (χ0) is 29.8. The maximum absolute atomic E-state index is 13.9. The first kappa shape index (κ1) is 28.5. The Balaban J connectivity index is 1.43. The van der Waals surface area contributed by atoms with Gasteiger partial charge in [0.1, 0.15) is 17.5 Å². The minimum atomic E-state index is -4.66. The van der Waals surface area contributed by atoms with E-state index >= 15 is 0 Å². The number of methoxy groups -OCH3 is 1. The summed E-state index contributed by atoms with van der Waals surface area (Å²) in [6.45, 7) is 1.32. The van der Waals surface area contributed by atoms with Gasteiger partial charge in [-0.05, 0) is 35.9 Å². The number of hydrogen-bond acceptors (Lipinski definition) is 8. The molecule has 2 saturated heterocycles. The molecule has 2 aromatic carbocycles. The molecule has 0 unspecified atom stereocenters. The third-order valence-electron chi connectivity index (χ3n) is 7.61. The van der Waals surface area contributed by atoms with Gasteiger partial charge in [0, 0.05) is 23.9 Å². The predicted molar refractivity (Wildman–Crippen MR) is 148 cm³/mol. The van der Waals surface area contributed by atoms with Crippen LogP contribution in [0.15, 0.2) is 58.4 Å². The van der Waals surface area contributed by atoms with Crippen LogP contribution in [0, 0.1) is 5.92 Å². The van der Waals surface area contributed by atoms with Gasteiger partial charge in [-0.1, -0.05) is 41.3 Å². The number of fused-ring (bicyclic) bond motifs is 2. The Hall–Kier alpha value is -3.62. The van der Waals surface area contributed by atoms with Gasteiger partial charge in [0.15, 0.2) is 0 Å². The summed E-state index contributed by atoms with van der Waals surface area (Å²) in [5.41, 5.74) is -0.525. The van der Waals surface area contributed by atoms with Crippen LogP contribution in [0.5, 0.6) is 5.75 Å². The number of ether oxygens (including phenoxy) is 2. The molecule has 2 fully saturated rings. The first-order valence-electron chi connectivity index (χ1n) is 13.0. The fourth-order valence-electron chi connectivity index (χ4n) is 5.55. The molecule has 3 aliphatic rings. The van der Waals surface area contributed by atoms with Gasteiger partial charge in [0.2, 0.25) is 17.7 Å². The van der Waals surface area contributed by atoms with E-state index < -0.39 is 45.5 Å². The quantitative estimate of drug-likeness (QED) is 0.403. The summed E-state index contributed by atoms with van der Waals surface area (Å²) in [7, 11) is 1.50. The summed E-state index contributed by atoms with van der Waals surface area (Å²) in [5, 5.41) is -0.619. The van der Waals surface area contributed by atoms with Crippen LogP contribution in [0.4, 0.5) is 18.9 Å². The largest absolute Gasteiger partial charge is 0.497 e. The minimum absolute atomic E-state index is 0.174. The topological polar surface area (TPSA) is 98.2 Å². The maximum Gasteiger partial charge on any atom is 0.416 e. The van der Waals surface area contributed by atoms with Crippen LogP contribution >= 0.6 is 23.1 Å². The number of thioether (sulfide) groups is 1. The van der Waals surface area contributed by atoms with E-state index in [1.807, 2.05) is 0 Å². The van der Waals surface area contributed by atoms with Crippen molar-refractivity contribution in [2.45, 2.75) is 28.9 Å². The van der Waals surface area contributed by atoms with E-state index in [4.69, 9.17) is 9.47 Å². The Morgan fingerprint density at radius 1 is 1.05 bits per heavy atom. The van der Waals surface area contributed by atoms with Gasteiger partial charge in [0.25, 0.3) is 0 Å². The highest BCUT2D eigenvalue weighted by atomic mass is 32.2. The number of halogens is 3. The van der Waals surface area contributed by atoms with Crippen LogP contribution < -0.4 is 14.5 Å². The summed E-state index contributed by atoms with van der Waals surface area (Å²) < 4.78 is 52.3. The highest BCUT2D eigenvalue weighted by Gasteiger charge is 2.57. The van der Waals surface area contributed by atoms with Gasteiger partial charge in [-0.15, -0.1) is 0 Å². The zero-order valence-electron chi connectivity index (χ0n) is 22.1. The van der Waals surface area contributed by atoms with Gasteiger partial charge in [0.05, 0.1) is 42.5 Å². The highest BCUT2D eigenvalue weighted by molar-refractivity contribution is 8.00. The van der Waals surface area contributed by atoms with Gasteiger partial charge in [-0.3, -0.25) is 23.7 Å². The van der Waals surface area contributed by atoms with Crippen LogP contribution in [0.25, 0.3) is 0 Å². The van der Waals surface area contributed by atoms with Crippen molar-refractivity contribution in [3.05, 3.63) is 74.2 Å². The third-order valence-corrected chi connectivity index (χ3v) is 10.2. The Kier molecular flexibility index (Phi) is 7.39. The zero-order valence-corrected chi connectivity index (χ0v) is 23.8. The van der Waals surface area contributed by atoms with E-state index in [0.717, 1.165) is 46.2 Å². The lowest BCUT2D eigenvalue weighted by molar-refractivity contribution is -0.138. The molecule has 0 bridgehead atoms. The van der Waals surface area contributed by atoms with E-state index in [1.165, 1.54) is 17.7 Å². The number of morpholine rings is 1. The normalized spacial score (nSPS) is 22.2. The van der Waals surface area contributed by atoms with Crippen LogP contribution in [0.2, 0.25) is 0 Å². The van der Waals surface area contributed by atoms with Crippen molar-refractivity contribution in [1.82, 2.24) is 9.47 Å². The molecule has 220 valence electrons. The number of alkyl halides is 3.